The third-order valence-electron chi connectivity index (χ3n) is 2.75. The second-order valence-corrected chi connectivity index (χ2v) is 3.97. The lowest BCUT2D eigenvalue weighted by Crippen LogP contribution is -1.95. The summed E-state index contributed by atoms with van der Waals surface area (Å²) >= 11 is 0. The van der Waals surface area contributed by atoms with E-state index in [1.54, 1.807) is 20.3 Å². The highest BCUT2D eigenvalue weighted by atomic mass is 16.5. The lowest BCUT2D eigenvalue weighted by atomic mass is 10.2. The van der Waals surface area contributed by atoms with Crippen molar-refractivity contribution in [1.29, 1.82) is 0 Å². The van der Waals surface area contributed by atoms with Gasteiger partial charge < -0.3 is 19.9 Å². The number of ether oxygens (including phenoxy) is 3. The van der Waals surface area contributed by atoms with E-state index in [-0.39, 0.29) is 0 Å². The molecule has 19 heavy (non-hydrogen) atoms. The maximum Gasteiger partial charge on any atom is 0.164 e. The van der Waals surface area contributed by atoms with Gasteiger partial charge in [-0.1, -0.05) is 12.1 Å². The van der Waals surface area contributed by atoms with Gasteiger partial charge in [0.15, 0.2) is 11.5 Å². The molecule has 2 aromatic rings. The highest BCUT2D eigenvalue weighted by Gasteiger charge is 2.06. The summed E-state index contributed by atoms with van der Waals surface area (Å²) in [5.41, 5.74) is 6.62. The van der Waals surface area contributed by atoms with Crippen molar-refractivity contribution in [2.45, 2.75) is 6.54 Å². The van der Waals surface area contributed by atoms with Gasteiger partial charge in [-0.3, -0.25) is 0 Å². The summed E-state index contributed by atoms with van der Waals surface area (Å²) in [5.74, 6) is 2.76. The van der Waals surface area contributed by atoms with E-state index in [9.17, 15) is 0 Å². The first-order chi connectivity index (χ1) is 9.26. The highest BCUT2D eigenvalue weighted by Crippen LogP contribution is 2.33. The number of methoxy groups -OCH3 is 2. The van der Waals surface area contributed by atoms with Crippen LogP contribution in [0.15, 0.2) is 42.5 Å². The normalized spacial score (nSPS) is 10.1. The molecule has 0 aliphatic heterocycles. The quantitative estimate of drug-likeness (QED) is 0.897. The molecular weight excluding hydrogens is 242 g/mol. The van der Waals surface area contributed by atoms with Crippen LogP contribution in [0.5, 0.6) is 23.0 Å². The molecule has 4 heteroatoms. The van der Waals surface area contributed by atoms with Gasteiger partial charge in [-0.2, -0.15) is 0 Å². The summed E-state index contributed by atoms with van der Waals surface area (Å²) in [6.45, 7) is 0.524. The fourth-order valence-corrected chi connectivity index (χ4v) is 1.71. The Morgan fingerprint density at radius 2 is 1.47 bits per heavy atom. The van der Waals surface area contributed by atoms with Crippen LogP contribution in [0.3, 0.4) is 0 Å². The highest BCUT2D eigenvalue weighted by molar-refractivity contribution is 5.46. The van der Waals surface area contributed by atoms with Crippen LogP contribution in [0.2, 0.25) is 0 Å². The Labute approximate surface area is 112 Å². The predicted molar refractivity (Wildman–Crippen MR) is 74.0 cm³/mol. The smallest absolute Gasteiger partial charge is 0.164 e. The Balaban J connectivity index is 2.18. The summed E-state index contributed by atoms with van der Waals surface area (Å²) in [5, 5.41) is 0. The molecule has 100 valence electrons. The Kier molecular flexibility index (Phi) is 4.26. The fraction of sp³-hybridized carbons (Fsp3) is 0.200. The van der Waals surface area contributed by atoms with Crippen molar-refractivity contribution < 1.29 is 14.2 Å². The first kappa shape index (κ1) is 13.2. The maximum atomic E-state index is 5.74. The van der Waals surface area contributed by atoms with Gasteiger partial charge >= 0.3 is 0 Å². The molecule has 0 amide bonds. The van der Waals surface area contributed by atoms with E-state index in [4.69, 9.17) is 19.9 Å². The van der Waals surface area contributed by atoms with Gasteiger partial charge in [-0.05, 0) is 29.8 Å². The molecule has 0 spiro atoms. The molecule has 0 aliphatic carbocycles. The third-order valence-corrected chi connectivity index (χ3v) is 2.75. The van der Waals surface area contributed by atoms with Crippen LogP contribution in [-0.4, -0.2) is 14.2 Å². The molecule has 0 fully saturated rings. The summed E-state index contributed by atoms with van der Waals surface area (Å²) < 4.78 is 16.2. The standard InChI is InChI=1S/C15H17NO3/c1-17-14-8-7-13(9-15(14)18-2)19-12-5-3-11(10-16)4-6-12/h3-9H,10,16H2,1-2H3. The SMILES string of the molecule is COc1ccc(Oc2ccc(CN)cc2)cc1OC. The Bertz CT molecular complexity index is 538. The largest absolute Gasteiger partial charge is 0.493 e. The van der Waals surface area contributed by atoms with Crippen LogP contribution in [-0.2, 0) is 6.54 Å². The van der Waals surface area contributed by atoms with Crippen LogP contribution < -0.4 is 19.9 Å². The van der Waals surface area contributed by atoms with Gasteiger partial charge in [-0.25, -0.2) is 0 Å². The van der Waals surface area contributed by atoms with Crippen molar-refractivity contribution in [3.8, 4) is 23.0 Å². The van der Waals surface area contributed by atoms with E-state index in [0.29, 0.717) is 23.8 Å². The molecular formula is C15H17NO3. The van der Waals surface area contributed by atoms with E-state index in [2.05, 4.69) is 0 Å². The predicted octanol–water partition coefficient (Wildman–Crippen LogP) is 2.95. The monoisotopic (exact) mass is 259 g/mol. The summed E-state index contributed by atoms with van der Waals surface area (Å²) in [6.07, 6.45) is 0. The van der Waals surface area contributed by atoms with E-state index in [0.717, 1.165) is 11.3 Å². The first-order valence-corrected chi connectivity index (χ1v) is 5.95. The topological polar surface area (TPSA) is 53.7 Å². The zero-order valence-corrected chi connectivity index (χ0v) is 11.1. The molecule has 2 rings (SSSR count). The Morgan fingerprint density at radius 3 is 2.05 bits per heavy atom. The zero-order valence-electron chi connectivity index (χ0n) is 11.1. The molecule has 0 saturated carbocycles. The van der Waals surface area contributed by atoms with Crippen LogP contribution in [0.25, 0.3) is 0 Å². The molecule has 4 nitrogen and oxygen atoms in total. The molecule has 0 aliphatic rings. The maximum absolute atomic E-state index is 5.74. The molecule has 0 radical (unpaired) electrons. The van der Waals surface area contributed by atoms with Crippen LogP contribution in [0, 0.1) is 0 Å². The van der Waals surface area contributed by atoms with Gasteiger partial charge in [-0.15, -0.1) is 0 Å². The van der Waals surface area contributed by atoms with Gasteiger partial charge in [0.25, 0.3) is 0 Å². The molecule has 2 N–H and O–H groups in total. The summed E-state index contributed by atoms with van der Waals surface area (Å²) in [7, 11) is 3.20. The molecule has 0 unspecified atom stereocenters. The number of hydrogen-bond donors (Lipinski definition) is 1. The van der Waals surface area contributed by atoms with Crippen LogP contribution in [0.1, 0.15) is 5.56 Å². The van der Waals surface area contributed by atoms with Crippen molar-refractivity contribution in [3.05, 3.63) is 48.0 Å². The van der Waals surface area contributed by atoms with Crippen molar-refractivity contribution in [3.63, 3.8) is 0 Å². The second kappa shape index (κ2) is 6.11. The lowest BCUT2D eigenvalue weighted by molar-refractivity contribution is 0.352. The van der Waals surface area contributed by atoms with Crippen LogP contribution >= 0.6 is 0 Å². The minimum Gasteiger partial charge on any atom is -0.493 e. The van der Waals surface area contributed by atoms with E-state index in [1.165, 1.54) is 0 Å². The van der Waals surface area contributed by atoms with Gasteiger partial charge in [0.1, 0.15) is 11.5 Å². The number of nitrogens with two attached hydrogens (primary N) is 1. The minimum absolute atomic E-state index is 0.524. The van der Waals surface area contributed by atoms with Gasteiger partial charge in [0.05, 0.1) is 14.2 Å². The lowest BCUT2D eigenvalue weighted by Gasteiger charge is -2.10. The molecule has 0 heterocycles. The average molecular weight is 259 g/mol. The van der Waals surface area contributed by atoms with Crippen molar-refractivity contribution in [1.82, 2.24) is 0 Å². The Morgan fingerprint density at radius 1 is 0.842 bits per heavy atom. The van der Waals surface area contributed by atoms with Crippen molar-refractivity contribution in [2.24, 2.45) is 5.73 Å². The first-order valence-electron chi connectivity index (χ1n) is 5.95. The fourth-order valence-electron chi connectivity index (χ4n) is 1.71. The van der Waals surface area contributed by atoms with Gasteiger partial charge in [0, 0.05) is 12.6 Å². The Hall–Kier alpha value is -2.20. The number of benzene rings is 2. The molecule has 0 aromatic heterocycles. The van der Waals surface area contributed by atoms with Crippen molar-refractivity contribution in [2.75, 3.05) is 14.2 Å². The average Bonchev–Trinajstić information content (AvgIpc) is 2.48. The molecule has 0 saturated heterocycles. The minimum atomic E-state index is 0.524. The molecule has 0 bridgehead atoms. The van der Waals surface area contributed by atoms with Gasteiger partial charge in [0.2, 0.25) is 0 Å². The number of hydrogen-bond acceptors (Lipinski definition) is 4. The van der Waals surface area contributed by atoms with E-state index in [1.807, 2.05) is 36.4 Å². The molecule has 0 atom stereocenters. The van der Waals surface area contributed by atoms with Crippen LogP contribution in [0.4, 0.5) is 0 Å². The molecule has 2 aromatic carbocycles. The van der Waals surface area contributed by atoms with Crippen molar-refractivity contribution >= 4 is 0 Å². The third kappa shape index (κ3) is 3.17. The second-order valence-electron chi connectivity index (χ2n) is 3.97. The number of rotatable bonds is 5. The zero-order chi connectivity index (χ0) is 13.7. The summed E-state index contributed by atoms with van der Waals surface area (Å²) in [6, 6.07) is 13.1. The van der Waals surface area contributed by atoms with E-state index < -0.39 is 0 Å². The summed E-state index contributed by atoms with van der Waals surface area (Å²) in [4.78, 5) is 0. The van der Waals surface area contributed by atoms with E-state index >= 15 is 0 Å².